The van der Waals surface area contributed by atoms with Crippen LogP contribution in [0.4, 0.5) is 0 Å². The zero-order valence-electron chi connectivity index (χ0n) is 23.2. The highest BCUT2D eigenvalue weighted by atomic mass is 79.9. The molecule has 0 unspecified atom stereocenters. The van der Waals surface area contributed by atoms with Crippen molar-refractivity contribution in [3.05, 3.63) is 75.9 Å². The molecule has 2 aliphatic heterocycles. The Balaban J connectivity index is 1.26. The molecule has 2 amide bonds. The number of benzene rings is 2. The Morgan fingerprint density at radius 2 is 1.93 bits per heavy atom. The van der Waals surface area contributed by atoms with Gasteiger partial charge in [0, 0.05) is 78.3 Å². The van der Waals surface area contributed by atoms with Gasteiger partial charge < -0.3 is 24.0 Å². The summed E-state index contributed by atoms with van der Waals surface area (Å²) in [5, 5.41) is 0.827. The van der Waals surface area contributed by atoms with Crippen molar-refractivity contribution in [3.63, 3.8) is 0 Å². The Kier molecular flexibility index (Phi) is 8.42. The molecule has 0 saturated carbocycles. The summed E-state index contributed by atoms with van der Waals surface area (Å²) < 4.78 is 8.29. The molecule has 0 bridgehead atoms. The number of carbonyl (C=O) groups is 3. The van der Waals surface area contributed by atoms with E-state index in [9.17, 15) is 14.4 Å². The third kappa shape index (κ3) is 6.00. The predicted octanol–water partition coefficient (Wildman–Crippen LogP) is 4.15. The highest BCUT2D eigenvalue weighted by molar-refractivity contribution is 9.10. The number of Topliss-reactive ketones (excluding diaryl/α,β-unsaturated/α-hetero) is 1. The minimum absolute atomic E-state index is 0.00513. The average molecular weight is 608 g/mol. The molecule has 210 valence electrons. The van der Waals surface area contributed by atoms with Crippen molar-refractivity contribution in [2.75, 3.05) is 47.4 Å². The van der Waals surface area contributed by atoms with E-state index >= 15 is 0 Å². The number of ether oxygens (including phenoxy) is 1. The number of nitrogens with zero attached hydrogens (tertiary/aromatic N) is 4. The second-order valence-electron chi connectivity index (χ2n) is 10.9. The van der Waals surface area contributed by atoms with Crippen molar-refractivity contribution >= 4 is 44.4 Å². The van der Waals surface area contributed by atoms with Crippen LogP contribution in [-0.2, 0) is 29.1 Å². The molecule has 0 radical (unpaired) electrons. The minimum atomic E-state index is -0.0433. The lowest BCUT2D eigenvalue weighted by Gasteiger charge is -2.38. The zero-order valence-corrected chi connectivity index (χ0v) is 24.8. The van der Waals surface area contributed by atoms with Crippen molar-refractivity contribution in [1.82, 2.24) is 19.3 Å². The lowest BCUT2D eigenvalue weighted by atomic mass is 9.94. The fourth-order valence-electron chi connectivity index (χ4n) is 5.61. The van der Waals surface area contributed by atoms with Crippen LogP contribution in [0.2, 0.25) is 0 Å². The number of methoxy groups -OCH3 is 1. The summed E-state index contributed by atoms with van der Waals surface area (Å²) >= 11 is 3.54. The van der Waals surface area contributed by atoms with Gasteiger partial charge in [-0.2, -0.15) is 0 Å². The molecule has 40 heavy (non-hydrogen) atoms. The molecule has 9 heteroatoms. The third-order valence-electron chi connectivity index (χ3n) is 7.67. The first-order chi connectivity index (χ1) is 19.2. The monoisotopic (exact) mass is 606 g/mol. The van der Waals surface area contributed by atoms with Gasteiger partial charge in [0.05, 0.1) is 19.2 Å². The van der Waals surface area contributed by atoms with Crippen LogP contribution in [-0.4, -0.2) is 84.2 Å². The summed E-state index contributed by atoms with van der Waals surface area (Å²) in [7, 11) is 5.58. The Labute approximate surface area is 243 Å². The highest BCUT2D eigenvalue weighted by Gasteiger charge is 2.31. The standard InChI is InChI=1S/C31H35BrN4O4/c1-33(2)12-5-8-30(38)36-16-21(17-36)14-24(37)19-35-20-27(26-15-23(32)9-10-28(26)35)31(39)34-13-11-25-22(18-34)6-4-7-29(25)40-3/h4-10,15,20-21H,11-14,16-19H2,1-3H3/b8-5+. The van der Waals surface area contributed by atoms with Gasteiger partial charge in [0.15, 0.2) is 5.78 Å². The second-order valence-corrected chi connectivity index (χ2v) is 11.8. The molecular formula is C31H35BrN4O4. The topological polar surface area (TPSA) is 75.1 Å². The van der Waals surface area contributed by atoms with E-state index in [-0.39, 0.29) is 30.1 Å². The number of hydrogen-bond donors (Lipinski definition) is 0. The first kappa shape index (κ1) is 28.1. The van der Waals surface area contributed by atoms with Crippen LogP contribution < -0.4 is 4.74 Å². The number of amides is 2. The van der Waals surface area contributed by atoms with Gasteiger partial charge in [-0.25, -0.2) is 0 Å². The van der Waals surface area contributed by atoms with Crippen LogP contribution >= 0.6 is 15.9 Å². The molecule has 2 aliphatic rings. The van der Waals surface area contributed by atoms with Crippen molar-refractivity contribution in [1.29, 1.82) is 0 Å². The number of likely N-dealkylation sites (N-methyl/N-ethyl adjacent to an activating group) is 1. The Bertz CT molecular complexity index is 1470. The second kappa shape index (κ2) is 12.0. The molecule has 0 spiro atoms. The van der Waals surface area contributed by atoms with Gasteiger partial charge in [0.25, 0.3) is 5.91 Å². The molecule has 3 heterocycles. The lowest BCUT2D eigenvalue weighted by Crippen LogP contribution is -2.50. The molecule has 0 aliphatic carbocycles. The maximum atomic E-state index is 13.8. The lowest BCUT2D eigenvalue weighted by molar-refractivity contribution is -0.134. The number of ketones is 1. The fraction of sp³-hybridized carbons (Fsp3) is 0.387. The summed E-state index contributed by atoms with van der Waals surface area (Å²) in [5.74, 6) is 1.08. The normalized spacial score (nSPS) is 15.5. The van der Waals surface area contributed by atoms with Crippen molar-refractivity contribution < 1.29 is 19.1 Å². The Morgan fingerprint density at radius 3 is 2.67 bits per heavy atom. The van der Waals surface area contributed by atoms with Crippen LogP contribution in [0.1, 0.15) is 27.9 Å². The van der Waals surface area contributed by atoms with Crippen LogP contribution in [0.25, 0.3) is 10.9 Å². The van der Waals surface area contributed by atoms with Crippen molar-refractivity contribution in [3.8, 4) is 5.75 Å². The molecular weight excluding hydrogens is 572 g/mol. The number of fused-ring (bicyclic) bond motifs is 2. The van der Waals surface area contributed by atoms with Gasteiger partial charge in [-0.3, -0.25) is 14.4 Å². The van der Waals surface area contributed by atoms with E-state index in [0.717, 1.165) is 38.7 Å². The first-order valence-electron chi connectivity index (χ1n) is 13.6. The number of likely N-dealkylation sites (tertiary alicyclic amines) is 1. The minimum Gasteiger partial charge on any atom is -0.496 e. The van der Waals surface area contributed by atoms with Gasteiger partial charge in [0.1, 0.15) is 5.75 Å². The Hall–Kier alpha value is -3.43. The Morgan fingerprint density at radius 1 is 1.12 bits per heavy atom. The molecule has 0 N–H and O–H groups in total. The van der Waals surface area contributed by atoms with Gasteiger partial charge >= 0.3 is 0 Å². The predicted molar refractivity (Wildman–Crippen MR) is 158 cm³/mol. The van der Waals surface area contributed by atoms with E-state index in [2.05, 4.69) is 15.9 Å². The molecule has 8 nitrogen and oxygen atoms in total. The molecule has 2 aromatic carbocycles. The zero-order chi connectivity index (χ0) is 28.4. The largest absolute Gasteiger partial charge is 0.496 e. The summed E-state index contributed by atoms with van der Waals surface area (Å²) in [6.07, 6.45) is 6.44. The van der Waals surface area contributed by atoms with E-state index in [4.69, 9.17) is 4.74 Å². The van der Waals surface area contributed by atoms with Gasteiger partial charge in [-0.05, 0) is 50.3 Å². The number of rotatable bonds is 9. The first-order valence-corrected chi connectivity index (χ1v) is 14.4. The van der Waals surface area contributed by atoms with E-state index in [1.807, 2.05) is 77.1 Å². The SMILES string of the molecule is COc1cccc2c1CCN(C(=O)c1cn(CC(=O)CC3CN(C(=O)/C=C/CN(C)C)C3)c3ccc(Br)cc13)C2. The van der Waals surface area contributed by atoms with E-state index in [1.165, 1.54) is 0 Å². The summed E-state index contributed by atoms with van der Waals surface area (Å²) in [5.41, 5.74) is 3.71. The van der Waals surface area contributed by atoms with Gasteiger partial charge in [0.2, 0.25) is 5.91 Å². The summed E-state index contributed by atoms with van der Waals surface area (Å²) in [6.45, 7) is 3.23. The van der Waals surface area contributed by atoms with Crippen molar-refractivity contribution in [2.24, 2.45) is 5.92 Å². The summed E-state index contributed by atoms with van der Waals surface area (Å²) in [4.78, 5) is 44.8. The molecule has 3 aromatic rings. The molecule has 5 rings (SSSR count). The van der Waals surface area contributed by atoms with Crippen LogP contribution in [0, 0.1) is 5.92 Å². The fourth-order valence-corrected chi connectivity index (χ4v) is 5.97. The van der Waals surface area contributed by atoms with E-state index < -0.39 is 0 Å². The summed E-state index contributed by atoms with van der Waals surface area (Å²) in [6, 6.07) is 11.8. The quantitative estimate of drug-likeness (QED) is 0.342. The van der Waals surface area contributed by atoms with Crippen molar-refractivity contribution in [2.45, 2.75) is 25.9 Å². The van der Waals surface area contributed by atoms with Gasteiger partial charge in [-0.15, -0.1) is 0 Å². The van der Waals surface area contributed by atoms with Crippen LogP contribution in [0.5, 0.6) is 5.75 Å². The highest BCUT2D eigenvalue weighted by Crippen LogP contribution is 2.31. The van der Waals surface area contributed by atoms with Gasteiger partial charge in [-0.1, -0.05) is 34.1 Å². The van der Waals surface area contributed by atoms with E-state index in [1.54, 1.807) is 18.1 Å². The smallest absolute Gasteiger partial charge is 0.256 e. The number of carbonyl (C=O) groups excluding carboxylic acids is 3. The molecule has 0 atom stereocenters. The maximum Gasteiger partial charge on any atom is 0.256 e. The van der Waals surface area contributed by atoms with E-state index in [0.29, 0.717) is 44.7 Å². The molecule has 1 aromatic heterocycles. The maximum absolute atomic E-state index is 13.8. The number of halogens is 1. The average Bonchev–Trinajstić information content (AvgIpc) is 3.25. The number of aromatic nitrogens is 1. The number of hydrogen-bond acceptors (Lipinski definition) is 5. The van der Waals surface area contributed by atoms with Crippen LogP contribution in [0.3, 0.4) is 0 Å². The molecule has 1 fully saturated rings. The molecule has 1 saturated heterocycles. The van der Waals surface area contributed by atoms with Crippen LogP contribution in [0.15, 0.2) is 59.2 Å². The third-order valence-corrected chi connectivity index (χ3v) is 8.16.